The molecule has 12 fully saturated rings. The molecule has 4 saturated heterocycles. The molecule has 8 saturated carbocycles. The van der Waals surface area contributed by atoms with Crippen molar-refractivity contribution in [3.8, 4) is 6.07 Å². The van der Waals surface area contributed by atoms with Crippen LogP contribution in [0.1, 0.15) is 167 Å². The van der Waals surface area contributed by atoms with Crippen LogP contribution < -0.4 is 0 Å². The van der Waals surface area contributed by atoms with Crippen molar-refractivity contribution in [1.82, 2.24) is 0 Å². The Hall–Kier alpha value is -7.44. The van der Waals surface area contributed by atoms with Crippen molar-refractivity contribution < 1.29 is 129 Å². The first kappa shape index (κ1) is 80.9. The number of fused-ring (bicyclic) bond motifs is 12. The summed E-state index contributed by atoms with van der Waals surface area (Å²) in [5, 5.41) is 9.35. The minimum atomic E-state index is -1.04. The molecule has 0 aromatic heterocycles. The number of methoxy groups -OCH3 is 4. The fraction of sp³-hybridized carbons (Fsp3) is 0.808. The summed E-state index contributed by atoms with van der Waals surface area (Å²) in [6.45, 7) is 21.9. The van der Waals surface area contributed by atoms with Gasteiger partial charge in [0.15, 0.2) is 25.2 Å². The van der Waals surface area contributed by atoms with E-state index in [9.17, 15) is 67.6 Å². The Morgan fingerprint density at radius 3 is 1.48 bits per heavy atom. The number of carbonyl (C=O) groups excluding carboxylic acids is 13. The molecule has 4 aliphatic heterocycles. The fourth-order valence-corrected chi connectivity index (χ4v) is 16.2. The maximum absolute atomic E-state index is 12.1. The van der Waals surface area contributed by atoms with E-state index in [4.69, 9.17) is 56.8 Å². The number of cyclic esters (lactones) is 2. The van der Waals surface area contributed by atoms with Gasteiger partial charge in [-0.2, -0.15) is 5.26 Å². The number of esters is 13. The molecule has 20 atom stereocenters. The molecule has 4 heterocycles. The Labute approximate surface area is 590 Å². The average Bonchev–Trinajstić information content (AvgIpc) is 1.55. The first-order chi connectivity index (χ1) is 47.5. The molecule has 0 amide bonds. The van der Waals surface area contributed by atoms with Gasteiger partial charge in [0, 0.05) is 42.6 Å². The van der Waals surface area contributed by atoms with E-state index in [0.29, 0.717) is 93.2 Å². The van der Waals surface area contributed by atoms with Crippen LogP contribution in [0.15, 0.2) is 0 Å². The number of hydrogen-bond donors (Lipinski definition) is 0. The van der Waals surface area contributed by atoms with Gasteiger partial charge in [0.05, 0.1) is 98.5 Å². The summed E-state index contributed by atoms with van der Waals surface area (Å²) in [5.74, 6) is -2.70. The third-order valence-electron chi connectivity index (χ3n) is 23.9. The van der Waals surface area contributed by atoms with E-state index in [0.717, 1.165) is 18.9 Å². The smallest absolute Gasteiger partial charge is 0.344 e. The van der Waals surface area contributed by atoms with Gasteiger partial charge in [0.25, 0.3) is 0 Å². The lowest BCUT2D eigenvalue weighted by molar-refractivity contribution is -0.174. The van der Waals surface area contributed by atoms with Crippen LogP contribution in [0.5, 0.6) is 0 Å². The highest BCUT2D eigenvalue weighted by atomic mass is 16.6. The number of carbonyl (C=O) groups is 13. The number of hydrogen-bond acceptors (Lipinski definition) is 28. The summed E-state index contributed by atoms with van der Waals surface area (Å²) < 4.78 is 70.3. The summed E-state index contributed by atoms with van der Waals surface area (Å²) in [6, 6.07) is 2.12. The molecule has 28 nitrogen and oxygen atoms in total. The molecule has 0 radical (unpaired) electrons. The normalized spacial score (nSPS) is 32.8. The average molecular weight is 1430 g/mol. The standard InChI is InChI=1S/C18H23NO6.C18H24O8.C10H14O3.2C9H16O4.C9H12O2/c1-4-17(2,3)15(21)23-6-5-12(20)24-13-10-7-11-14(13)25-16(22)18(11,8-10)9-19;1-5-18(2,3)17(22)24-7-10(19)25-13-8-6-9-12(11(8)15(20)23-4)16(21)26-14(9)13;1-12-8-3-5-2-6(8)9-7(5)4-13-10(9)11;2*1-5-9(2,3)8(11)13-6-7(10)12-4;10-9-8-6-2-1-5(3-6)7(8)4-11-9/h10-11,13-14H,4-8H2,1-3H3;8-9,11-14H,5-7H2,1-4H3;5-9H,2-4H2,1H3;2*5-6H2,1-4H3;5-8H,1-4H2. The monoisotopic (exact) mass is 1430 g/mol. The maximum Gasteiger partial charge on any atom is 0.344 e. The Balaban J connectivity index is 0.000000176. The summed E-state index contributed by atoms with van der Waals surface area (Å²) >= 11 is 0. The first-order valence-corrected chi connectivity index (χ1v) is 35.5. The van der Waals surface area contributed by atoms with Crippen LogP contribution in [0.25, 0.3) is 0 Å². The lowest BCUT2D eigenvalue weighted by Crippen LogP contribution is -2.44. The van der Waals surface area contributed by atoms with Crippen LogP contribution in [0, 0.1) is 121 Å². The summed E-state index contributed by atoms with van der Waals surface area (Å²) in [4.78, 5) is 151. The predicted octanol–water partition coefficient (Wildman–Crippen LogP) is 6.91. The molecule has 0 aromatic rings. The molecule has 12 rings (SSSR count). The zero-order valence-corrected chi connectivity index (χ0v) is 61.4. The minimum absolute atomic E-state index is 0.0216. The number of ether oxygens (including phenoxy) is 14. The number of rotatable bonds is 21. The predicted molar refractivity (Wildman–Crippen MR) is 347 cm³/mol. The number of nitrogens with zero attached hydrogens (tertiary/aromatic N) is 1. The third kappa shape index (κ3) is 17.5. The lowest BCUT2D eigenvalue weighted by atomic mass is 9.75. The largest absolute Gasteiger partial charge is 0.469 e. The van der Waals surface area contributed by atoms with Gasteiger partial charge in [0.2, 0.25) is 0 Å². The molecule has 0 spiro atoms. The van der Waals surface area contributed by atoms with E-state index in [-0.39, 0.29) is 85.7 Å². The molecule has 8 bridgehead atoms. The highest BCUT2D eigenvalue weighted by Gasteiger charge is 2.73. The van der Waals surface area contributed by atoms with E-state index < -0.39 is 118 Å². The molecule has 101 heavy (non-hydrogen) atoms. The highest BCUT2D eigenvalue weighted by Crippen LogP contribution is 2.63. The van der Waals surface area contributed by atoms with Gasteiger partial charge in [-0.05, 0) is 156 Å². The molecule has 20 unspecified atom stereocenters. The van der Waals surface area contributed by atoms with E-state index >= 15 is 0 Å². The van der Waals surface area contributed by atoms with Crippen molar-refractivity contribution in [2.75, 3.05) is 68.1 Å². The highest BCUT2D eigenvalue weighted by molar-refractivity contribution is 5.87. The molecule has 28 heteroatoms. The Morgan fingerprint density at radius 2 is 0.980 bits per heavy atom. The summed E-state index contributed by atoms with van der Waals surface area (Å²) in [6.07, 6.45) is 8.48. The van der Waals surface area contributed by atoms with E-state index in [1.165, 1.54) is 47.0 Å². The van der Waals surface area contributed by atoms with Crippen molar-refractivity contribution in [1.29, 1.82) is 5.26 Å². The number of nitriles is 1. The molecular weight excluding hydrogens is 1320 g/mol. The zero-order chi connectivity index (χ0) is 75.0. The van der Waals surface area contributed by atoms with Crippen LogP contribution in [0.2, 0.25) is 0 Å². The van der Waals surface area contributed by atoms with Crippen LogP contribution in [-0.2, 0) is 129 Å². The van der Waals surface area contributed by atoms with Gasteiger partial charge < -0.3 is 66.3 Å². The van der Waals surface area contributed by atoms with E-state index in [1.54, 1.807) is 62.5 Å². The van der Waals surface area contributed by atoms with Gasteiger partial charge in [-0.1, -0.05) is 27.7 Å². The van der Waals surface area contributed by atoms with E-state index in [1.807, 2.05) is 27.7 Å². The molecular formula is C73H105NO27. The fourth-order valence-electron chi connectivity index (χ4n) is 16.2. The quantitative estimate of drug-likeness (QED) is 0.0831. The second-order valence-electron chi connectivity index (χ2n) is 31.1. The molecule has 0 N–H and O–H groups in total. The van der Waals surface area contributed by atoms with Crippen molar-refractivity contribution >= 4 is 77.6 Å². The second-order valence-corrected chi connectivity index (χ2v) is 31.1. The lowest BCUT2D eigenvalue weighted by Gasteiger charge is -2.30. The minimum Gasteiger partial charge on any atom is -0.469 e. The van der Waals surface area contributed by atoms with Crippen molar-refractivity contribution in [3.05, 3.63) is 0 Å². The maximum atomic E-state index is 12.1. The Bertz CT molecular complexity index is 3100. The summed E-state index contributed by atoms with van der Waals surface area (Å²) in [5.41, 5.74) is -3.37. The first-order valence-electron chi connectivity index (χ1n) is 35.5. The van der Waals surface area contributed by atoms with Crippen molar-refractivity contribution in [2.45, 2.75) is 197 Å². The zero-order valence-electron chi connectivity index (χ0n) is 61.4. The van der Waals surface area contributed by atoms with Gasteiger partial charge in [-0.25, -0.2) is 14.4 Å². The van der Waals surface area contributed by atoms with E-state index in [2.05, 4.69) is 15.5 Å². The Morgan fingerprint density at radius 1 is 0.485 bits per heavy atom. The second kappa shape index (κ2) is 33.3. The summed E-state index contributed by atoms with van der Waals surface area (Å²) in [7, 11) is 5.52. The van der Waals surface area contributed by atoms with Crippen LogP contribution >= 0.6 is 0 Å². The topological polar surface area (TPSA) is 375 Å². The SMILES string of the molecule is CCC(C)(C)C(=O)OCC(=O)OC.CCC(C)(C)C(=O)OCC(=O)OC.CCC(C)(C)C(=O)OCC(=O)OC1C2CC3C1OC(=O)C3C2C(=O)OC.CCC(C)(C)C(=O)OCCC(=O)OC1C2CC3C1OC(=O)C3(C#N)C2.COC1CC2CC1C1C(=O)OCC21.O=C1OCC2C3CCC(C3)C12. The van der Waals surface area contributed by atoms with Crippen LogP contribution in [-0.4, -0.2) is 176 Å². The molecule has 0 aromatic carbocycles. The third-order valence-corrected chi connectivity index (χ3v) is 23.9. The van der Waals surface area contributed by atoms with Gasteiger partial charge >= 0.3 is 77.6 Å². The molecule has 8 aliphatic carbocycles. The van der Waals surface area contributed by atoms with Gasteiger partial charge in [0.1, 0.15) is 31.0 Å². The van der Waals surface area contributed by atoms with Crippen molar-refractivity contribution in [3.63, 3.8) is 0 Å². The molecule has 12 aliphatic rings. The van der Waals surface area contributed by atoms with Gasteiger partial charge in [-0.3, -0.25) is 47.9 Å². The van der Waals surface area contributed by atoms with Crippen LogP contribution in [0.4, 0.5) is 0 Å². The van der Waals surface area contributed by atoms with Gasteiger partial charge in [-0.15, -0.1) is 0 Å². The Kier molecular flexibility index (Phi) is 26.7. The molecule has 564 valence electrons. The van der Waals surface area contributed by atoms with Crippen molar-refractivity contribution in [2.24, 2.45) is 110 Å². The van der Waals surface area contributed by atoms with Crippen LogP contribution in [0.3, 0.4) is 0 Å².